The summed E-state index contributed by atoms with van der Waals surface area (Å²) in [6.45, 7) is 6.42. The molecule has 0 saturated carbocycles. The molecule has 0 bridgehead atoms. The van der Waals surface area contributed by atoms with Crippen molar-refractivity contribution in [3.05, 3.63) is 23.9 Å². The van der Waals surface area contributed by atoms with E-state index in [1.807, 2.05) is 36.9 Å². The summed E-state index contributed by atoms with van der Waals surface area (Å²) in [6.07, 6.45) is 1.19. The van der Waals surface area contributed by atoms with Crippen molar-refractivity contribution < 1.29 is 0 Å². The second-order valence-electron chi connectivity index (χ2n) is 3.70. The van der Waals surface area contributed by atoms with E-state index in [4.69, 9.17) is 0 Å². The molecule has 0 fully saturated rings. The second kappa shape index (κ2) is 6.72. The van der Waals surface area contributed by atoms with Crippen LogP contribution in [0.5, 0.6) is 0 Å². The van der Waals surface area contributed by atoms with Gasteiger partial charge in [-0.25, -0.2) is 4.98 Å². The van der Waals surface area contributed by atoms with E-state index in [1.54, 1.807) is 0 Å². The first kappa shape index (κ1) is 12.4. The first-order chi connectivity index (χ1) is 7.22. The highest BCUT2D eigenvalue weighted by atomic mass is 32.2. The van der Waals surface area contributed by atoms with Gasteiger partial charge >= 0.3 is 0 Å². The van der Waals surface area contributed by atoms with Crippen molar-refractivity contribution >= 4 is 17.6 Å². The van der Waals surface area contributed by atoms with Gasteiger partial charge < -0.3 is 5.32 Å². The number of aryl methyl sites for hydroxylation is 1. The molecule has 2 nitrogen and oxygen atoms in total. The Balaban J connectivity index is 2.34. The molecule has 0 aromatic carbocycles. The predicted molar refractivity (Wildman–Crippen MR) is 69.7 cm³/mol. The minimum absolute atomic E-state index is 0.498. The van der Waals surface area contributed by atoms with Crippen molar-refractivity contribution in [2.24, 2.45) is 0 Å². The molecule has 1 atom stereocenters. The Bertz CT molecular complexity index is 289. The van der Waals surface area contributed by atoms with Crippen LogP contribution in [0.3, 0.4) is 0 Å². The topological polar surface area (TPSA) is 24.9 Å². The molecule has 1 heterocycles. The van der Waals surface area contributed by atoms with Gasteiger partial charge in [0.2, 0.25) is 0 Å². The van der Waals surface area contributed by atoms with Gasteiger partial charge in [-0.1, -0.05) is 13.0 Å². The molecule has 3 heteroatoms. The van der Waals surface area contributed by atoms with E-state index < -0.39 is 0 Å². The lowest BCUT2D eigenvalue weighted by Gasteiger charge is -2.14. The predicted octanol–water partition coefficient (Wildman–Crippen LogP) is 3.33. The van der Waals surface area contributed by atoms with Crippen LogP contribution < -0.4 is 5.32 Å². The van der Waals surface area contributed by atoms with Crippen LogP contribution in [-0.2, 0) is 0 Å². The number of nitrogens with one attached hydrogen (secondary N) is 1. The molecule has 0 saturated heterocycles. The quantitative estimate of drug-likeness (QED) is 0.750. The Kier molecular flexibility index (Phi) is 5.54. The van der Waals surface area contributed by atoms with Crippen LogP contribution in [0.2, 0.25) is 0 Å². The highest BCUT2D eigenvalue weighted by Crippen LogP contribution is 2.09. The number of hydrogen-bond donors (Lipinski definition) is 1. The lowest BCUT2D eigenvalue weighted by Crippen LogP contribution is -2.16. The molecule has 0 radical (unpaired) electrons. The Morgan fingerprint density at radius 3 is 2.93 bits per heavy atom. The van der Waals surface area contributed by atoms with Crippen molar-refractivity contribution in [3.63, 3.8) is 0 Å². The van der Waals surface area contributed by atoms with Crippen molar-refractivity contribution in [1.82, 2.24) is 4.98 Å². The van der Waals surface area contributed by atoms with Crippen LogP contribution in [0.25, 0.3) is 0 Å². The molecule has 84 valence electrons. The van der Waals surface area contributed by atoms with Crippen molar-refractivity contribution in [2.75, 3.05) is 16.8 Å². The first-order valence-electron chi connectivity index (χ1n) is 5.50. The number of pyridine rings is 1. The Labute approximate surface area is 96.9 Å². The molecule has 15 heavy (non-hydrogen) atoms. The van der Waals surface area contributed by atoms with E-state index in [0.717, 1.165) is 11.5 Å². The highest BCUT2D eigenvalue weighted by molar-refractivity contribution is 7.99. The van der Waals surface area contributed by atoms with E-state index in [0.29, 0.717) is 6.04 Å². The van der Waals surface area contributed by atoms with Crippen molar-refractivity contribution in [2.45, 2.75) is 33.2 Å². The molecule has 0 spiro atoms. The van der Waals surface area contributed by atoms with Crippen LogP contribution in [0.1, 0.15) is 26.0 Å². The molecule has 0 aliphatic carbocycles. The summed E-state index contributed by atoms with van der Waals surface area (Å²) in [4.78, 5) is 4.42. The van der Waals surface area contributed by atoms with Gasteiger partial charge in [0, 0.05) is 11.7 Å². The summed E-state index contributed by atoms with van der Waals surface area (Å²) in [5.74, 6) is 3.41. The van der Waals surface area contributed by atoms with E-state index in [-0.39, 0.29) is 0 Å². The molecule has 0 amide bonds. The molecule has 1 aromatic rings. The van der Waals surface area contributed by atoms with Gasteiger partial charge in [0.25, 0.3) is 0 Å². The lowest BCUT2D eigenvalue weighted by atomic mass is 10.2. The molecule has 1 unspecified atom stereocenters. The van der Waals surface area contributed by atoms with Gasteiger partial charge in [0.15, 0.2) is 0 Å². The SMILES string of the molecule is CCSCCC(C)Nc1cccc(C)n1. The Hall–Kier alpha value is -0.700. The maximum Gasteiger partial charge on any atom is 0.126 e. The molecule has 0 aliphatic rings. The number of anilines is 1. The van der Waals surface area contributed by atoms with E-state index in [2.05, 4.69) is 24.1 Å². The largest absolute Gasteiger partial charge is 0.368 e. The molecule has 1 aromatic heterocycles. The van der Waals surface area contributed by atoms with Gasteiger partial charge in [-0.05, 0) is 43.9 Å². The summed E-state index contributed by atoms with van der Waals surface area (Å²) in [5, 5.41) is 3.42. The zero-order valence-electron chi connectivity index (χ0n) is 9.79. The third-order valence-corrected chi connectivity index (χ3v) is 3.11. The standard InChI is InChI=1S/C12H20N2S/c1-4-15-9-8-11(3)14-12-7-5-6-10(2)13-12/h5-7,11H,4,8-9H2,1-3H3,(H,13,14). The fourth-order valence-electron chi connectivity index (χ4n) is 1.35. The van der Waals surface area contributed by atoms with Gasteiger partial charge in [-0.3, -0.25) is 0 Å². The molecular weight excluding hydrogens is 204 g/mol. The van der Waals surface area contributed by atoms with Gasteiger partial charge in [0.05, 0.1) is 0 Å². The maximum absolute atomic E-state index is 4.42. The summed E-state index contributed by atoms with van der Waals surface area (Å²) in [6, 6.07) is 6.58. The zero-order chi connectivity index (χ0) is 11.1. The average Bonchev–Trinajstić information content (AvgIpc) is 2.18. The summed E-state index contributed by atoms with van der Waals surface area (Å²) < 4.78 is 0. The molecule has 1 N–H and O–H groups in total. The highest BCUT2D eigenvalue weighted by Gasteiger charge is 2.02. The number of hydrogen-bond acceptors (Lipinski definition) is 3. The molecule has 0 aliphatic heterocycles. The number of thioether (sulfide) groups is 1. The number of aromatic nitrogens is 1. The van der Waals surface area contributed by atoms with E-state index in [9.17, 15) is 0 Å². The third kappa shape index (κ3) is 5.07. The van der Waals surface area contributed by atoms with Crippen LogP contribution in [0.15, 0.2) is 18.2 Å². The molecular formula is C12H20N2S. The zero-order valence-corrected chi connectivity index (χ0v) is 10.6. The maximum atomic E-state index is 4.42. The van der Waals surface area contributed by atoms with Crippen LogP contribution >= 0.6 is 11.8 Å². The van der Waals surface area contributed by atoms with E-state index in [1.165, 1.54) is 17.9 Å². The second-order valence-corrected chi connectivity index (χ2v) is 5.09. The van der Waals surface area contributed by atoms with Gasteiger partial charge in [0.1, 0.15) is 5.82 Å². The van der Waals surface area contributed by atoms with Crippen LogP contribution in [0, 0.1) is 6.92 Å². The number of nitrogens with zero attached hydrogens (tertiary/aromatic N) is 1. The minimum Gasteiger partial charge on any atom is -0.368 e. The third-order valence-electron chi connectivity index (χ3n) is 2.18. The fourth-order valence-corrected chi connectivity index (χ4v) is 2.16. The lowest BCUT2D eigenvalue weighted by molar-refractivity contribution is 0.766. The van der Waals surface area contributed by atoms with Crippen LogP contribution in [-0.4, -0.2) is 22.5 Å². The Morgan fingerprint density at radius 1 is 1.47 bits per heavy atom. The fraction of sp³-hybridized carbons (Fsp3) is 0.583. The van der Waals surface area contributed by atoms with Gasteiger partial charge in [-0.15, -0.1) is 0 Å². The monoisotopic (exact) mass is 224 g/mol. The summed E-state index contributed by atoms with van der Waals surface area (Å²) in [5.41, 5.74) is 1.06. The average molecular weight is 224 g/mol. The van der Waals surface area contributed by atoms with Gasteiger partial charge in [-0.2, -0.15) is 11.8 Å². The minimum atomic E-state index is 0.498. The summed E-state index contributed by atoms with van der Waals surface area (Å²) >= 11 is 1.99. The Morgan fingerprint density at radius 2 is 2.27 bits per heavy atom. The normalized spacial score (nSPS) is 12.5. The number of rotatable bonds is 6. The summed E-state index contributed by atoms with van der Waals surface area (Å²) in [7, 11) is 0. The van der Waals surface area contributed by atoms with Crippen molar-refractivity contribution in [3.8, 4) is 0 Å². The smallest absolute Gasteiger partial charge is 0.126 e. The first-order valence-corrected chi connectivity index (χ1v) is 6.65. The van der Waals surface area contributed by atoms with E-state index >= 15 is 0 Å². The molecule has 1 rings (SSSR count). The van der Waals surface area contributed by atoms with Crippen LogP contribution in [0.4, 0.5) is 5.82 Å². The van der Waals surface area contributed by atoms with Crippen molar-refractivity contribution in [1.29, 1.82) is 0 Å².